The highest BCUT2D eigenvalue weighted by Gasteiger charge is 2.07. The van der Waals surface area contributed by atoms with Crippen molar-refractivity contribution < 1.29 is 4.39 Å². The summed E-state index contributed by atoms with van der Waals surface area (Å²) < 4.78 is 13.9. The van der Waals surface area contributed by atoms with Gasteiger partial charge in [0.2, 0.25) is 0 Å². The number of nitriles is 1. The molecule has 0 saturated heterocycles. The topological polar surface area (TPSA) is 49.8 Å². The molecule has 0 radical (unpaired) electrons. The van der Waals surface area contributed by atoms with E-state index in [-0.39, 0.29) is 12.2 Å². The largest absolute Gasteiger partial charge is 0.316 e. The summed E-state index contributed by atoms with van der Waals surface area (Å²) in [5, 5.41) is 8.45. The van der Waals surface area contributed by atoms with Crippen LogP contribution in [0.3, 0.4) is 0 Å². The van der Waals surface area contributed by atoms with Crippen molar-refractivity contribution in [3.63, 3.8) is 0 Å². The Morgan fingerprint density at radius 3 is 2.92 bits per heavy atom. The third-order valence-electron chi connectivity index (χ3n) is 1.61. The molecule has 1 atom stereocenters. The van der Waals surface area contributed by atoms with Crippen molar-refractivity contribution in [1.29, 1.82) is 5.26 Å². The predicted molar refractivity (Wildman–Crippen MR) is 51.4 cm³/mol. The van der Waals surface area contributed by atoms with Gasteiger partial charge in [-0.15, -0.1) is 0 Å². The summed E-state index contributed by atoms with van der Waals surface area (Å²) >= 11 is 3.22. The zero-order valence-electron chi connectivity index (χ0n) is 6.80. The number of nitrogens with two attached hydrogens (primary N) is 1. The molecule has 0 aromatic heterocycles. The lowest BCUT2D eigenvalue weighted by Gasteiger charge is -2.04. The summed E-state index contributed by atoms with van der Waals surface area (Å²) in [6.07, 6.45) is 0.238. The quantitative estimate of drug-likeness (QED) is 0.863. The van der Waals surface area contributed by atoms with Crippen molar-refractivity contribution in [2.45, 2.75) is 12.5 Å². The highest BCUT2D eigenvalue weighted by Crippen LogP contribution is 2.16. The van der Waals surface area contributed by atoms with Crippen molar-refractivity contribution in [1.82, 2.24) is 0 Å². The molecule has 4 heteroatoms. The zero-order chi connectivity index (χ0) is 9.84. The van der Waals surface area contributed by atoms with E-state index in [1.165, 1.54) is 6.07 Å². The molecule has 0 aliphatic heterocycles. The Morgan fingerprint density at radius 1 is 1.62 bits per heavy atom. The first kappa shape index (κ1) is 10.2. The van der Waals surface area contributed by atoms with E-state index in [2.05, 4.69) is 15.9 Å². The molecular weight excluding hydrogens is 235 g/mol. The van der Waals surface area contributed by atoms with Crippen molar-refractivity contribution in [3.8, 4) is 6.07 Å². The fourth-order valence-corrected chi connectivity index (χ4v) is 1.39. The molecule has 0 fully saturated rings. The fourth-order valence-electron chi connectivity index (χ4n) is 0.982. The monoisotopic (exact) mass is 242 g/mol. The van der Waals surface area contributed by atoms with Crippen LogP contribution in [0.15, 0.2) is 22.7 Å². The minimum atomic E-state index is -0.649. The predicted octanol–water partition coefficient (Wildman–Crippen LogP) is 1.98. The highest BCUT2D eigenvalue weighted by molar-refractivity contribution is 9.10. The van der Waals surface area contributed by atoms with Crippen molar-refractivity contribution >= 4 is 15.9 Å². The lowest BCUT2D eigenvalue weighted by molar-refractivity contribution is 0.603. The lowest BCUT2D eigenvalue weighted by atomic mass is 10.1. The molecule has 1 aromatic carbocycles. The van der Waals surface area contributed by atoms with Gasteiger partial charge in [0.25, 0.3) is 0 Å². The summed E-state index contributed by atoms with van der Waals surface area (Å²) in [7, 11) is 0. The van der Waals surface area contributed by atoms with Gasteiger partial charge in [-0.25, -0.2) is 4.39 Å². The number of hydrogen-bond acceptors (Lipinski definition) is 2. The van der Waals surface area contributed by atoms with Crippen LogP contribution in [-0.2, 0) is 6.42 Å². The maximum atomic E-state index is 13.1. The third-order valence-corrected chi connectivity index (χ3v) is 2.11. The second-order valence-corrected chi connectivity index (χ2v) is 3.59. The first-order chi connectivity index (χ1) is 6.13. The Balaban J connectivity index is 2.88. The Labute approximate surface area is 84.3 Å². The molecule has 0 spiro atoms. The molecule has 2 nitrogen and oxygen atoms in total. The van der Waals surface area contributed by atoms with E-state index in [4.69, 9.17) is 11.0 Å². The minimum absolute atomic E-state index is 0.238. The van der Waals surface area contributed by atoms with Crippen molar-refractivity contribution in [2.75, 3.05) is 0 Å². The van der Waals surface area contributed by atoms with Crippen LogP contribution in [0, 0.1) is 17.1 Å². The van der Waals surface area contributed by atoms with Crippen LogP contribution in [0.25, 0.3) is 0 Å². The molecule has 0 aliphatic rings. The van der Waals surface area contributed by atoms with Crippen LogP contribution in [0.1, 0.15) is 5.56 Å². The highest BCUT2D eigenvalue weighted by atomic mass is 79.9. The lowest BCUT2D eigenvalue weighted by Crippen LogP contribution is -2.20. The van der Waals surface area contributed by atoms with Gasteiger partial charge in [0, 0.05) is 10.9 Å². The van der Waals surface area contributed by atoms with Crippen LogP contribution < -0.4 is 5.73 Å². The Kier molecular flexibility index (Phi) is 3.40. The maximum Gasteiger partial charge on any atom is 0.126 e. The van der Waals surface area contributed by atoms with Gasteiger partial charge < -0.3 is 5.73 Å². The van der Waals surface area contributed by atoms with Gasteiger partial charge in [-0.1, -0.05) is 15.9 Å². The maximum absolute atomic E-state index is 13.1. The first-order valence-electron chi connectivity index (χ1n) is 3.72. The van der Waals surface area contributed by atoms with Crippen molar-refractivity contribution in [2.24, 2.45) is 5.73 Å². The number of benzene rings is 1. The molecule has 0 aliphatic carbocycles. The van der Waals surface area contributed by atoms with Crippen LogP contribution in [0.5, 0.6) is 0 Å². The molecule has 1 unspecified atom stereocenters. The van der Waals surface area contributed by atoms with Gasteiger partial charge in [-0.2, -0.15) is 5.26 Å². The third kappa shape index (κ3) is 2.79. The van der Waals surface area contributed by atoms with Gasteiger partial charge in [-0.05, 0) is 23.8 Å². The Morgan fingerprint density at radius 2 is 2.31 bits per heavy atom. The average Bonchev–Trinajstić information content (AvgIpc) is 2.11. The summed E-state index contributed by atoms with van der Waals surface area (Å²) in [4.78, 5) is 0. The fraction of sp³-hybridized carbons (Fsp3) is 0.222. The molecule has 0 bridgehead atoms. The van der Waals surface area contributed by atoms with E-state index in [1.807, 2.05) is 6.07 Å². The van der Waals surface area contributed by atoms with Crippen LogP contribution in [-0.4, -0.2) is 6.04 Å². The summed E-state index contributed by atoms with van der Waals surface area (Å²) in [5.41, 5.74) is 5.84. The van der Waals surface area contributed by atoms with E-state index in [0.29, 0.717) is 5.56 Å². The second kappa shape index (κ2) is 4.35. The van der Waals surface area contributed by atoms with Crippen LogP contribution in [0.4, 0.5) is 4.39 Å². The number of rotatable bonds is 2. The van der Waals surface area contributed by atoms with E-state index in [0.717, 1.165) is 4.47 Å². The molecule has 68 valence electrons. The first-order valence-corrected chi connectivity index (χ1v) is 4.52. The SMILES string of the molecule is N#CC(N)Cc1cc(Br)ccc1F. The van der Waals surface area contributed by atoms with E-state index >= 15 is 0 Å². The summed E-state index contributed by atoms with van der Waals surface area (Å²) in [6, 6.07) is 5.80. The summed E-state index contributed by atoms with van der Waals surface area (Å²) in [6.45, 7) is 0. The van der Waals surface area contributed by atoms with E-state index in [1.54, 1.807) is 12.1 Å². The summed E-state index contributed by atoms with van der Waals surface area (Å²) in [5.74, 6) is -0.325. The molecule has 1 rings (SSSR count). The molecule has 13 heavy (non-hydrogen) atoms. The van der Waals surface area contributed by atoms with Gasteiger partial charge in [-0.3, -0.25) is 0 Å². The Hall–Kier alpha value is -0.920. The van der Waals surface area contributed by atoms with Gasteiger partial charge >= 0.3 is 0 Å². The zero-order valence-corrected chi connectivity index (χ0v) is 8.38. The van der Waals surface area contributed by atoms with Gasteiger partial charge in [0.05, 0.1) is 12.1 Å². The van der Waals surface area contributed by atoms with Gasteiger partial charge in [0.1, 0.15) is 5.82 Å². The minimum Gasteiger partial charge on any atom is -0.316 e. The normalized spacial score (nSPS) is 12.2. The standard InChI is InChI=1S/C9H8BrFN2/c10-7-1-2-9(11)6(3-7)4-8(13)5-12/h1-3,8H,4,13H2. The number of nitrogens with zero attached hydrogens (tertiary/aromatic N) is 1. The number of halogens is 2. The molecule has 1 aromatic rings. The van der Waals surface area contributed by atoms with Crippen molar-refractivity contribution in [3.05, 3.63) is 34.1 Å². The molecular formula is C9H8BrFN2. The smallest absolute Gasteiger partial charge is 0.126 e. The molecule has 0 amide bonds. The van der Waals surface area contributed by atoms with Crippen LogP contribution in [0.2, 0.25) is 0 Å². The van der Waals surface area contributed by atoms with Crippen LogP contribution >= 0.6 is 15.9 Å². The molecule has 0 heterocycles. The van der Waals surface area contributed by atoms with E-state index < -0.39 is 6.04 Å². The number of hydrogen-bond donors (Lipinski definition) is 1. The molecule has 2 N–H and O–H groups in total. The van der Waals surface area contributed by atoms with E-state index in [9.17, 15) is 4.39 Å². The molecule has 0 saturated carbocycles. The average molecular weight is 243 g/mol. The second-order valence-electron chi connectivity index (χ2n) is 2.68. The Bertz CT molecular complexity index is 346. The van der Waals surface area contributed by atoms with Gasteiger partial charge in [0.15, 0.2) is 0 Å².